The lowest BCUT2D eigenvalue weighted by atomic mass is 10.0. The molecule has 2 rings (SSSR count). The van der Waals surface area contributed by atoms with Crippen molar-refractivity contribution in [3.63, 3.8) is 0 Å². The van der Waals surface area contributed by atoms with Gasteiger partial charge in [0.05, 0.1) is 18.6 Å². The maximum atomic E-state index is 12.7. The second-order valence-electron chi connectivity index (χ2n) is 6.01. The summed E-state index contributed by atoms with van der Waals surface area (Å²) in [5.41, 5.74) is 0.582. The summed E-state index contributed by atoms with van der Waals surface area (Å²) >= 11 is 0. The first-order chi connectivity index (χ1) is 12.0. The van der Waals surface area contributed by atoms with Crippen LogP contribution in [0.15, 0.2) is 47.1 Å². The number of carbonyl (C=O) groups excluding carboxylic acids is 2. The molecule has 6 nitrogen and oxygen atoms in total. The van der Waals surface area contributed by atoms with Crippen LogP contribution in [0, 0.1) is 5.92 Å². The molecular formula is C19H24N2O4. The van der Waals surface area contributed by atoms with Gasteiger partial charge in [0.2, 0.25) is 5.91 Å². The van der Waals surface area contributed by atoms with E-state index in [0.29, 0.717) is 18.0 Å². The molecule has 2 N–H and O–H groups in total. The Hall–Kier alpha value is -2.76. The van der Waals surface area contributed by atoms with Crippen LogP contribution >= 0.6 is 0 Å². The molecule has 0 aliphatic heterocycles. The third-order valence-electron chi connectivity index (χ3n) is 3.59. The van der Waals surface area contributed by atoms with Crippen molar-refractivity contribution in [3.8, 4) is 5.75 Å². The lowest BCUT2D eigenvalue weighted by molar-refractivity contribution is -0.118. The van der Waals surface area contributed by atoms with Gasteiger partial charge in [-0.25, -0.2) is 0 Å². The summed E-state index contributed by atoms with van der Waals surface area (Å²) in [5.74, 6) is -0.0397. The largest absolute Gasteiger partial charge is 0.491 e. The van der Waals surface area contributed by atoms with Gasteiger partial charge in [0.1, 0.15) is 11.8 Å². The van der Waals surface area contributed by atoms with Gasteiger partial charge in [-0.05, 0) is 36.6 Å². The molecule has 0 saturated heterocycles. The first-order valence-corrected chi connectivity index (χ1v) is 8.40. The topological polar surface area (TPSA) is 80.6 Å². The quantitative estimate of drug-likeness (QED) is 0.768. The summed E-state index contributed by atoms with van der Waals surface area (Å²) in [6.07, 6.45) is 2.29. The molecule has 1 atom stereocenters. The van der Waals surface area contributed by atoms with E-state index >= 15 is 0 Å². The molecular weight excluding hydrogens is 320 g/mol. The Labute approximate surface area is 147 Å². The van der Waals surface area contributed by atoms with Gasteiger partial charge in [-0.2, -0.15) is 0 Å². The lowest BCUT2D eigenvalue weighted by Crippen LogP contribution is -2.47. The minimum Gasteiger partial charge on any atom is -0.491 e. The number of furan rings is 1. The molecule has 6 heteroatoms. The van der Waals surface area contributed by atoms with E-state index in [1.54, 1.807) is 24.3 Å². The molecule has 0 bridgehead atoms. The molecule has 0 aliphatic rings. The first-order valence-electron chi connectivity index (χ1n) is 8.40. The minimum absolute atomic E-state index is 0.0948. The van der Waals surface area contributed by atoms with Crippen LogP contribution < -0.4 is 15.4 Å². The van der Waals surface area contributed by atoms with Crippen LogP contribution in [0.5, 0.6) is 5.75 Å². The Balaban J connectivity index is 2.09. The molecule has 1 aromatic heterocycles. The number of hydrogen-bond donors (Lipinski definition) is 2. The number of carbonyl (C=O) groups is 2. The zero-order valence-corrected chi connectivity index (χ0v) is 14.7. The zero-order chi connectivity index (χ0) is 18.2. The van der Waals surface area contributed by atoms with Gasteiger partial charge in [0.15, 0.2) is 5.76 Å². The summed E-state index contributed by atoms with van der Waals surface area (Å²) in [6, 6.07) is 9.72. The zero-order valence-electron chi connectivity index (χ0n) is 14.7. The van der Waals surface area contributed by atoms with Crippen LogP contribution in [-0.2, 0) is 4.79 Å². The molecule has 1 unspecified atom stereocenters. The van der Waals surface area contributed by atoms with E-state index in [0.717, 1.165) is 6.42 Å². The summed E-state index contributed by atoms with van der Waals surface area (Å²) in [4.78, 5) is 24.8. The van der Waals surface area contributed by atoms with Gasteiger partial charge < -0.3 is 19.8 Å². The van der Waals surface area contributed by atoms with Crippen molar-refractivity contribution in [1.29, 1.82) is 0 Å². The Kier molecular flexibility index (Phi) is 6.62. The number of ether oxygens (including phenoxy) is 1. The van der Waals surface area contributed by atoms with Crippen LogP contribution in [0.1, 0.15) is 37.7 Å². The monoisotopic (exact) mass is 344 g/mol. The van der Waals surface area contributed by atoms with Gasteiger partial charge >= 0.3 is 0 Å². The van der Waals surface area contributed by atoms with E-state index < -0.39 is 11.9 Å². The van der Waals surface area contributed by atoms with Crippen LogP contribution in [0.25, 0.3) is 0 Å². The maximum Gasteiger partial charge on any atom is 0.287 e. The minimum atomic E-state index is -0.697. The molecule has 0 spiro atoms. The van der Waals surface area contributed by atoms with Gasteiger partial charge in [-0.3, -0.25) is 9.59 Å². The number of rotatable bonds is 8. The Morgan fingerprint density at radius 3 is 2.56 bits per heavy atom. The fraction of sp³-hybridized carbons (Fsp3) is 0.368. The standard InChI is InChI=1S/C19H24N2O4/c1-4-11-24-15-9-6-5-8-14(15)20-19(23)17(13(2)3)21-18(22)16-10-7-12-25-16/h5-10,12-13,17H,4,11H2,1-3H3,(H,20,23)(H,21,22). The average molecular weight is 344 g/mol. The second kappa shape index (κ2) is 8.92. The smallest absolute Gasteiger partial charge is 0.287 e. The first kappa shape index (κ1) is 18.6. The SMILES string of the molecule is CCCOc1ccccc1NC(=O)C(NC(=O)c1ccco1)C(C)C. The molecule has 0 saturated carbocycles. The normalized spacial score (nSPS) is 11.8. The van der Waals surface area contributed by atoms with Crippen molar-refractivity contribution >= 4 is 17.5 Å². The number of hydrogen-bond acceptors (Lipinski definition) is 4. The number of nitrogens with one attached hydrogen (secondary N) is 2. The van der Waals surface area contributed by atoms with E-state index in [9.17, 15) is 9.59 Å². The predicted octanol–water partition coefficient (Wildman–Crippen LogP) is 3.46. The molecule has 1 heterocycles. The van der Waals surface area contributed by atoms with Crippen molar-refractivity contribution in [2.45, 2.75) is 33.2 Å². The van der Waals surface area contributed by atoms with Crippen LogP contribution in [0.2, 0.25) is 0 Å². The Bertz CT molecular complexity index is 695. The highest BCUT2D eigenvalue weighted by Gasteiger charge is 2.26. The third kappa shape index (κ3) is 5.11. The number of anilines is 1. The highest BCUT2D eigenvalue weighted by molar-refractivity contribution is 6.00. The van der Waals surface area contributed by atoms with Crippen molar-refractivity contribution in [2.75, 3.05) is 11.9 Å². The van der Waals surface area contributed by atoms with Crippen molar-refractivity contribution in [3.05, 3.63) is 48.4 Å². The molecule has 2 aromatic rings. The number of benzene rings is 1. The van der Waals surface area contributed by atoms with E-state index in [4.69, 9.17) is 9.15 Å². The molecule has 0 radical (unpaired) electrons. The molecule has 0 aliphatic carbocycles. The van der Waals surface area contributed by atoms with E-state index in [2.05, 4.69) is 10.6 Å². The van der Waals surface area contributed by atoms with Crippen molar-refractivity contribution < 1.29 is 18.7 Å². The highest BCUT2D eigenvalue weighted by Crippen LogP contribution is 2.24. The van der Waals surface area contributed by atoms with Crippen molar-refractivity contribution in [2.24, 2.45) is 5.92 Å². The van der Waals surface area contributed by atoms with Crippen LogP contribution in [0.4, 0.5) is 5.69 Å². The summed E-state index contributed by atoms with van der Waals surface area (Å²) in [6.45, 7) is 6.31. The van der Waals surface area contributed by atoms with Gasteiger partial charge in [0.25, 0.3) is 5.91 Å². The van der Waals surface area contributed by atoms with Crippen molar-refractivity contribution in [1.82, 2.24) is 5.32 Å². The Morgan fingerprint density at radius 1 is 1.16 bits per heavy atom. The van der Waals surface area contributed by atoms with Crippen LogP contribution in [0.3, 0.4) is 0 Å². The van der Waals surface area contributed by atoms with Gasteiger partial charge in [0, 0.05) is 0 Å². The fourth-order valence-electron chi connectivity index (χ4n) is 2.27. The maximum absolute atomic E-state index is 12.7. The second-order valence-corrected chi connectivity index (χ2v) is 6.01. The predicted molar refractivity (Wildman–Crippen MR) is 95.7 cm³/mol. The molecule has 2 amide bonds. The molecule has 25 heavy (non-hydrogen) atoms. The van der Waals surface area contributed by atoms with Gasteiger partial charge in [-0.15, -0.1) is 0 Å². The van der Waals surface area contributed by atoms with E-state index in [-0.39, 0.29) is 17.6 Å². The van der Waals surface area contributed by atoms with Gasteiger partial charge in [-0.1, -0.05) is 32.9 Å². The van der Waals surface area contributed by atoms with E-state index in [1.165, 1.54) is 6.26 Å². The molecule has 134 valence electrons. The highest BCUT2D eigenvalue weighted by atomic mass is 16.5. The number of para-hydroxylation sites is 2. The van der Waals surface area contributed by atoms with E-state index in [1.807, 2.05) is 32.9 Å². The Morgan fingerprint density at radius 2 is 1.92 bits per heavy atom. The fourth-order valence-corrected chi connectivity index (χ4v) is 2.27. The molecule has 0 fully saturated rings. The number of amides is 2. The summed E-state index contributed by atoms with van der Waals surface area (Å²) in [5, 5.41) is 5.56. The molecule has 1 aromatic carbocycles. The summed E-state index contributed by atoms with van der Waals surface area (Å²) in [7, 11) is 0. The lowest BCUT2D eigenvalue weighted by Gasteiger charge is -2.22. The average Bonchev–Trinajstić information content (AvgIpc) is 3.13. The van der Waals surface area contributed by atoms with Crippen LogP contribution in [-0.4, -0.2) is 24.5 Å². The third-order valence-corrected chi connectivity index (χ3v) is 3.59. The summed E-state index contributed by atoms with van der Waals surface area (Å²) < 4.78 is 10.7.